The summed E-state index contributed by atoms with van der Waals surface area (Å²) in [7, 11) is 0. The molecule has 1 atom stereocenters. The average Bonchev–Trinajstić information content (AvgIpc) is 3.34. The van der Waals surface area contributed by atoms with Crippen molar-refractivity contribution in [1.82, 2.24) is 19.9 Å². The number of hydrogen-bond donors (Lipinski definition) is 1. The monoisotopic (exact) mass is 378 g/mol. The predicted octanol–water partition coefficient (Wildman–Crippen LogP) is 3.66. The zero-order chi connectivity index (χ0) is 19.5. The molecule has 1 N–H and O–H groups in total. The van der Waals surface area contributed by atoms with E-state index >= 15 is 0 Å². The van der Waals surface area contributed by atoms with Gasteiger partial charge in [0.2, 0.25) is 0 Å². The molecular weight excluding hydrogens is 352 g/mol. The molecule has 146 valence electrons. The Morgan fingerprint density at radius 1 is 1.32 bits per heavy atom. The van der Waals surface area contributed by atoms with Gasteiger partial charge in [-0.2, -0.15) is 0 Å². The van der Waals surface area contributed by atoms with Crippen molar-refractivity contribution >= 4 is 17.1 Å². The van der Waals surface area contributed by atoms with Gasteiger partial charge in [-0.05, 0) is 43.0 Å². The van der Waals surface area contributed by atoms with Crippen molar-refractivity contribution < 1.29 is 9.53 Å². The van der Waals surface area contributed by atoms with Gasteiger partial charge < -0.3 is 14.6 Å². The first-order valence-corrected chi connectivity index (χ1v) is 9.93. The van der Waals surface area contributed by atoms with Crippen molar-refractivity contribution in [3.8, 4) is 11.4 Å². The number of carbonyl (C=O) groups is 1. The maximum atomic E-state index is 12.6. The van der Waals surface area contributed by atoms with E-state index < -0.39 is 0 Å². The largest absolute Gasteiger partial charge is 0.376 e. The number of benzene rings is 1. The van der Waals surface area contributed by atoms with Crippen LogP contribution < -0.4 is 5.32 Å². The topological polar surface area (TPSA) is 69.0 Å². The lowest BCUT2D eigenvalue weighted by Crippen LogP contribution is -2.31. The Morgan fingerprint density at radius 3 is 3.00 bits per heavy atom. The Hall–Kier alpha value is -2.73. The summed E-state index contributed by atoms with van der Waals surface area (Å²) in [5.74, 6) is 1.22. The number of imidazole rings is 1. The molecule has 6 nitrogen and oxygen atoms in total. The first-order valence-electron chi connectivity index (χ1n) is 9.93. The number of carbonyl (C=O) groups excluding carboxylic acids is 1. The van der Waals surface area contributed by atoms with Crippen LogP contribution in [-0.4, -0.2) is 39.7 Å². The number of nitrogens with one attached hydrogen (secondary N) is 1. The highest BCUT2D eigenvalue weighted by Gasteiger charge is 2.18. The van der Waals surface area contributed by atoms with E-state index in [0.29, 0.717) is 18.0 Å². The van der Waals surface area contributed by atoms with Crippen LogP contribution in [0.15, 0.2) is 42.6 Å². The standard InChI is InChI=1S/C22H26N4O2/c1-15(2)14-26-20(25-19-9-4-10-23-21(19)26)16-6-3-7-17(12-16)22(27)24-13-18-8-5-11-28-18/h3-4,6-7,9-10,12,15,18H,5,8,11,13-14H2,1-2H3,(H,24,27)/t18-/m0/s1. The zero-order valence-corrected chi connectivity index (χ0v) is 16.4. The highest BCUT2D eigenvalue weighted by Crippen LogP contribution is 2.25. The lowest BCUT2D eigenvalue weighted by Gasteiger charge is -2.13. The number of aromatic nitrogens is 3. The lowest BCUT2D eigenvalue weighted by molar-refractivity contribution is 0.0858. The minimum atomic E-state index is -0.0815. The van der Waals surface area contributed by atoms with Crippen molar-refractivity contribution in [2.45, 2.75) is 39.3 Å². The van der Waals surface area contributed by atoms with E-state index in [1.54, 1.807) is 6.20 Å². The molecule has 1 amide bonds. The summed E-state index contributed by atoms with van der Waals surface area (Å²) in [6.45, 7) is 6.51. The second-order valence-electron chi connectivity index (χ2n) is 7.71. The molecular formula is C22H26N4O2. The molecule has 0 saturated carbocycles. The number of ether oxygens (including phenoxy) is 1. The first-order chi connectivity index (χ1) is 13.6. The fourth-order valence-electron chi connectivity index (χ4n) is 3.63. The third kappa shape index (κ3) is 3.92. The number of nitrogens with zero attached hydrogens (tertiary/aromatic N) is 3. The van der Waals surface area contributed by atoms with E-state index in [4.69, 9.17) is 9.72 Å². The van der Waals surface area contributed by atoms with Crippen LogP contribution in [0.4, 0.5) is 0 Å². The van der Waals surface area contributed by atoms with Crippen molar-refractivity contribution in [1.29, 1.82) is 0 Å². The van der Waals surface area contributed by atoms with Gasteiger partial charge in [0.15, 0.2) is 5.65 Å². The average molecular weight is 378 g/mol. The van der Waals surface area contributed by atoms with Crippen LogP contribution in [0.1, 0.15) is 37.0 Å². The Kier molecular flexibility index (Phi) is 5.39. The summed E-state index contributed by atoms with van der Waals surface area (Å²) >= 11 is 0. The summed E-state index contributed by atoms with van der Waals surface area (Å²) in [5.41, 5.74) is 3.29. The summed E-state index contributed by atoms with van der Waals surface area (Å²) in [5, 5.41) is 2.99. The zero-order valence-electron chi connectivity index (χ0n) is 16.4. The highest BCUT2D eigenvalue weighted by molar-refractivity contribution is 5.95. The molecule has 1 aliphatic heterocycles. The Labute approximate surface area is 164 Å². The van der Waals surface area contributed by atoms with Crippen LogP contribution in [0.3, 0.4) is 0 Å². The van der Waals surface area contributed by atoms with Crippen LogP contribution in [0, 0.1) is 5.92 Å². The van der Waals surface area contributed by atoms with E-state index in [1.165, 1.54) is 0 Å². The number of amides is 1. The number of pyridine rings is 1. The second kappa shape index (κ2) is 8.10. The van der Waals surface area contributed by atoms with Gasteiger partial charge in [0.25, 0.3) is 5.91 Å². The molecule has 1 aliphatic rings. The first kappa shape index (κ1) is 18.6. The van der Waals surface area contributed by atoms with Gasteiger partial charge in [0.1, 0.15) is 11.3 Å². The molecule has 4 rings (SSSR count). The van der Waals surface area contributed by atoms with Gasteiger partial charge in [-0.25, -0.2) is 9.97 Å². The van der Waals surface area contributed by atoms with Crippen LogP contribution in [0.2, 0.25) is 0 Å². The van der Waals surface area contributed by atoms with E-state index in [2.05, 4.69) is 28.7 Å². The van der Waals surface area contributed by atoms with E-state index in [9.17, 15) is 4.79 Å². The normalized spacial score (nSPS) is 16.8. The third-order valence-electron chi connectivity index (χ3n) is 4.95. The molecule has 0 bridgehead atoms. The molecule has 3 aromatic rings. The van der Waals surface area contributed by atoms with E-state index in [0.717, 1.165) is 48.5 Å². The summed E-state index contributed by atoms with van der Waals surface area (Å²) in [6.07, 6.45) is 4.00. The van der Waals surface area contributed by atoms with Gasteiger partial charge in [-0.3, -0.25) is 4.79 Å². The molecule has 0 unspecified atom stereocenters. The summed E-state index contributed by atoms with van der Waals surface area (Å²) < 4.78 is 7.73. The highest BCUT2D eigenvalue weighted by atomic mass is 16.5. The predicted molar refractivity (Wildman–Crippen MR) is 109 cm³/mol. The van der Waals surface area contributed by atoms with Gasteiger partial charge in [0.05, 0.1) is 6.10 Å². The van der Waals surface area contributed by atoms with Crippen LogP contribution in [0.5, 0.6) is 0 Å². The van der Waals surface area contributed by atoms with E-state index in [1.807, 2.05) is 36.4 Å². The SMILES string of the molecule is CC(C)Cn1c(-c2cccc(C(=O)NC[C@@H]3CCCO3)c2)nc2cccnc21. The van der Waals surface area contributed by atoms with Gasteiger partial charge in [-0.15, -0.1) is 0 Å². The van der Waals surface area contributed by atoms with Crippen molar-refractivity contribution in [3.63, 3.8) is 0 Å². The Morgan fingerprint density at radius 2 is 2.21 bits per heavy atom. The maximum Gasteiger partial charge on any atom is 0.251 e. The quantitative estimate of drug-likeness (QED) is 0.711. The lowest BCUT2D eigenvalue weighted by atomic mass is 10.1. The van der Waals surface area contributed by atoms with Gasteiger partial charge in [0, 0.05) is 37.0 Å². The number of fused-ring (bicyclic) bond motifs is 1. The third-order valence-corrected chi connectivity index (χ3v) is 4.95. The molecule has 1 aromatic carbocycles. The molecule has 0 aliphatic carbocycles. The van der Waals surface area contributed by atoms with Crippen LogP contribution in [-0.2, 0) is 11.3 Å². The minimum absolute atomic E-state index is 0.0815. The Balaban J connectivity index is 1.62. The number of hydrogen-bond acceptors (Lipinski definition) is 4. The molecule has 28 heavy (non-hydrogen) atoms. The van der Waals surface area contributed by atoms with Gasteiger partial charge >= 0.3 is 0 Å². The number of rotatable bonds is 6. The molecule has 1 saturated heterocycles. The molecule has 6 heteroatoms. The minimum Gasteiger partial charge on any atom is -0.376 e. The Bertz CT molecular complexity index is 974. The van der Waals surface area contributed by atoms with Gasteiger partial charge in [-0.1, -0.05) is 26.0 Å². The maximum absolute atomic E-state index is 12.6. The van der Waals surface area contributed by atoms with Crippen molar-refractivity contribution in [2.75, 3.05) is 13.2 Å². The molecule has 3 heterocycles. The van der Waals surface area contributed by atoms with Crippen LogP contribution >= 0.6 is 0 Å². The van der Waals surface area contributed by atoms with E-state index in [-0.39, 0.29) is 12.0 Å². The second-order valence-corrected chi connectivity index (χ2v) is 7.71. The molecule has 2 aromatic heterocycles. The summed E-state index contributed by atoms with van der Waals surface area (Å²) in [6, 6.07) is 11.5. The van der Waals surface area contributed by atoms with Crippen molar-refractivity contribution in [2.24, 2.45) is 5.92 Å². The molecule has 0 spiro atoms. The summed E-state index contributed by atoms with van der Waals surface area (Å²) in [4.78, 5) is 21.9. The molecule has 0 radical (unpaired) electrons. The molecule has 1 fully saturated rings. The van der Waals surface area contributed by atoms with Crippen molar-refractivity contribution in [3.05, 3.63) is 48.2 Å². The van der Waals surface area contributed by atoms with Crippen LogP contribution in [0.25, 0.3) is 22.6 Å². The smallest absolute Gasteiger partial charge is 0.251 e. The fourth-order valence-corrected chi connectivity index (χ4v) is 3.63. The fraction of sp³-hybridized carbons (Fsp3) is 0.409.